The number of carbonyl (C=O) groups is 2. The van der Waals surface area contributed by atoms with Crippen molar-refractivity contribution in [1.82, 2.24) is 0 Å². The summed E-state index contributed by atoms with van der Waals surface area (Å²) in [6.45, 7) is 0. The van der Waals surface area contributed by atoms with Crippen molar-refractivity contribution in [2.45, 2.75) is 18.9 Å². The van der Waals surface area contributed by atoms with E-state index in [1.165, 1.54) is 6.08 Å². The Hall–Kier alpha value is -1.12. The molecule has 0 saturated carbocycles. The van der Waals surface area contributed by atoms with Gasteiger partial charge in [0.15, 0.2) is 0 Å². The average Bonchev–Trinajstić information content (AvgIpc) is 1.88. The lowest BCUT2D eigenvalue weighted by molar-refractivity contribution is -0.144. The van der Waals surface area contributed by atoms with Gasteiger partial charge >= 0.3 is 5.97 Å². The molecule has 0 N–H and O–H groups in total. The van der Waals surface area contributed by atoms with E-state index in [-0.39, 0.29) is 12.1 Å². The Kier molecular flexibility index (Phi) is 2.20. The fourth-order valence-electron chi connectivity index (χ4n) is 0.819. The molecule has 0 aliphatic carbocycles. The number of hydrogen-bond acceptors (Lipinski definition) is 3. The number of cyclic esters (lactones) is 1. The molecule has 3 heteroatoms. The average molecular weight is 140 g/mol. The van der Waals surface area contributed by atoms with E-state index in [1.807, 2.05) is 0 Å². The fourth-order valence-corrected chi connectivity index (χ4v) is 0.819. The van der Waals surface area contributed by atoms with E-state index in [0.717, 1.165) is 6.29 Å². The molecule has 1 aliphatic heterocycles. The van der Waals surface area contributed by atoms with Crippen molar-refractivity contribution in [1.29, 1.82) is 0 Å². The highest BCUT2D eigenvalue weighted by atomic mass is 16.5. The maximum atomic E-state index is 10.5. The Morgan fingerprint density at radius 3 is 3.20 bits per heavy atom. The van der Waals surface area contributed by atoms with Gasteiger partial charge in [-0.05, 0) is 0 Å². The summed E-state index contributed by atoms with van der Waals surface area (Å²) in [5.74, 6) is -0.349. The quantitative estimate of drug-likeness (QED) is 0.413. The molecule has 0 aromatic carbocycles. The summed E-state index contributed by atoms with van der Waals surface area (Å²) in [7, 11) is 0. The molecule has 1 aliphatic rings. The molecule has 0 amide bonds. The molecule has 1 atom stereocenters. The molecule has 0 saturated heterocycles. The number of carbonyl (C=O) groups excluding carboxylic acids is 2. The molecular weight excluding hydrogens is 132 g/mol. The lowest BCUT2D eigenvalue weighted by Crippen LogP contribution is -2.19. The van der Waals surface area contributed by atoms with Gasteiger partial charge in [-0.15, -0.1) is 0 Å². The number of rotatable bonds is 2. The highest BCUT2D eigenvalue weighted by Gasteiger charge is 2.14. The minimum Gasteiger partial charge on any atom is -0.458 e. The monoisotopic (exact) mass is 140 g/mol. The van der Waals surface area contributed by atoms with Gasteiger partial charge in [0, 0.05) is 18.9 Å². The van der Waals surface area contributed by atoms with E-state index in [9.17, 15) is 9.59 Å². The second-order valence-corrected chi connectivity index (χ2v) is 2.10. The van der Waals surface area contributed by atoms with E-state index < -0.39 is 0 Å². The van der Waals surface area contributed by atoms with Crippen LogP contribution in [-0.4, -0.2) is 18.4 Å². The Morgan fingerprint density at radius 2 is 2.60 bits per heavy atom. The minimum absolute atomic E-state index is 0.227. The van der Waals surface area contributed by atoms with Crippen molar-refractivity contribution in [2.75, 3.05) is 0 Å². The second kappa shape index (κ2) is 3.15. The summed E-state index contributed by atoms with van der Waals surface area (Å²) in [5, 5.41) is 0. The van der Waals surface area contributed by atoms with Crippen LogP contribution in [0.2, 0.25) is 0 Å². The Labute approximate surface area is 58.7 Å². The van der Waals surface area contributed by atoms with Crippen LogP contribution in [0.5, 0.6) is 0 Å². The lowest BCUT2D eigenvalue weighted by atomic mass is 10.1. The standard InChI is InChI=1S/C7H8O3/c8-5-4-6-2-1-3-7(9)10-6/h1,3,5-6H,2,4H2/t6-/m1/s1. The van der Waals surface area contributed by atoms with Crippen LogP contribution in [0.3, 0.4) is 0 Å². The van der Waals surface area contributed by atoms with E-state index >= 15 is 0 Å². The predicted molar refractivity (Wildman–Crippen MR) is 34.3 cm³/mol. The first-order valence-electron chi connectivity index (χ1n) is 3.13. The van der Waals surface area contributed by atoms with Gasteiger partial charge in [0.2, 0.25) is 0 Å². The molecule has 0 aromatic rings. The summed E-state index contributed by atoms with van der Waals surface area (Å²) in [4.78, 5) is 20.5. The van der Waals surface area contributed by atoms with Crippen molar-refractivity contribution in [2.24, 2.45) is 0 Å². The molecule has 3 nitrogen and oxygen atoms in total. The number of hydrogen-bond donors (Lipinski definition) is 0. The smallest absolute Gasteiger partial charge is 0.330 e. The van der Waals surface area contributed by atoms with Gasteiger partial charge in [-0.1, -0.05) is 6.08 Å². The second-order valence-electron chi connectivity index (χ2n) is 2.10. The van der Waals surface area contributed by atoms with Crippen LogP contribution < -0.4 is 0 Å². The maximum absolute atomic E-state index is 10.5. The first kappa shape index (κ1) is 6.99. The number of aldehydes is 1. The number of ether oxygens (including phenoxy) is 1. The summed E-state index contributed by atoms with van der Waals surface area (Å²) in [6.07, 6.45) is 4.59. The van der Waals surface area contributed by atoms with Gasteiger partial charge in [0.05, 0.1) is 0 Å². The third-order valence-corrected chi connectivity index (χ3v) is 1.29. The van der Waals surface area contributed by atoms with Crippen LogP contribution in [0, 0.1) is 0 Å². The minimum atomic E-state index is -0.349. The summed E-state index contributed by atoms with van der Waals surface area (Å²) in [5.41, 5.74) is 0. The molecule has 0 spiro atoms. The highest BCUT2D eigenvalue weighted by molar-refractivity contribution is 5.83. The first-order valence-corrected chi connectivity index (χ1v) is 3.13. The molecule has 10 heavy (non-hydrogen) atoms. The van der Waals surface area contributed by atoms with Crippen molar-refractivity contribution < 1.29 is 14.3 Å². The fraction of sp³-hybridized carbons (Fsp3) is 0.429. The van der Waals surface area contributed by atoms with Gasteiger partial charge in [0.25, 0.3) is 0 Å². The Bertz CT molecular complexity index is 172. The molecule has 0 radical (unpaired) electrons. The largest absolute Gasteiger partial charge is 0.458 e. The molecule has 0 unspecified atom stereocenters. The van der Waals surface area contributed by atoms with Crippen LogP contribution in [0.1, 0.15) is 12.8 Å². The Balaban J connectivity index is 2.43. The van der Waals surface area contributed by atoms with Crippen molar-refractivity contribution in [3.05, 3.63) is 12.2 Å². The van der Waals surface area contributed by atoms with Gasteiger partial charge < -0.3 is 9.53 Å². The molecule has 0 bridgehead atoms. The van der Waals surface area contributed by atoms with Crippen LogP contribution in [0.15, 0.2) is 12.2 Å². The van der Waals surface area contributed by atoms with Crippen molar-refractivity contribution in [3.63, 3.8) is 0 Å². The number of esters is 1. The van der Waals surface area contributed by atoms with Crippen LogP contribution in [-0.2, 0) is 14.3 Å². The molecule has 54 valence electrons. The predicted octanol–water partition coefficient (Wildman–Crippen LogP) is 0.447. The lowest BCUT2D eigenvalue weighted by Gasteiger charge is -2.15. The van der Waals surface area contributed by atoms with Crippen LogP contribution in [0.4, 0.5) is 0 Å². The maximum Gasteiger partial charge on any atom is 0.330 e. The van der Waals surface area contributed by atoms with Gasteiger partial charge in [-0.2, -0.15) is 0 Å². The Morgan fingerprint density at radius 1 is 1.80 bits per heavy atom. The van der Waals surface area contributed by atoms with Crippen molar-refractivity contribution in [3.8, 4) is 0 Å². The zero-order valence-electron chi connectivity index (χ0n) is 5.45. The zero-order chi connectivity index (χ0) is 7.40. The normalized spacial score (nSPS) is 24.0. The van der Waals surface area contributed by atoms with E-state index in [2.05, 4.69) is 0 Å². The third kappa shape index (κ3) is 1.69. The SMILES string of the molecule is O=CC[C@H]1CC=CC(=O)O1. The molecule has 0 aromatic heterocycles. The van der Waals surface area contributed by atoms with Crippen LogP contribution in [0.25, 0.3) is 0 Å². The third-order valence-electron chi connectivity index (χ3n) is 1.29. The molecule has 0 fully saturated rings. The summed E-state index contributed by atoms with van der Waals surface area (Å²) >= 11 is 0. The van der Waals surface area contributed by atoms with Gasteiger partial charge in [-0.25, -0.2) is 4.79 Å². The molecule has 1 rings (SSSR count). The molecule has 1 heterocycles. The van der Waals surface area contributed by atoms with E-state index in [4.69, 9.17) is 4.74 Å². The highest BCUT2D eigenvalue weighted by Crippen LogP contribution is 2.08. The molecular formula is C7H8O3. The van der Waals surface area contributed by atoms with Gasteiger partial charge in [0.1, 0.15) is 12.4 Å². The van der Waals surface area contributed by atoms with E-state index in [0.29, 0.717) is 12.8 Å². The van der Waals surface area contributed by atoms with Crippen LogP contribution >= 0.6 is 0 Å². The summed E-state index contributed by atoms with van der Waals surface area (Å²) in [6, 6.07) is 0. The summed E-state index contributed by atoms with van der Waals surface area (Å²) < 4.78 is 4.77. The van der Waals surface area contributed by atoms with Crippen molar-refractivity contribution >= 4 is 12.3 Å². The topological polar surface area (TPSA) is 43.4 Å². The van der Waals surface area contributed by atoms with Gasteiger partial charge in [-0.3, -0.25) is 0 Å². The van der Waals surface area contributed by atoms with E-state index in [1.54, 1.807) is 6.08 Å². The first-order chi connectivity index (χ1) is 4.83. The zero-order valence-corrected chi connectivity index (χ0v) is 5.45.